The van der Waals surface area contributed by atoms with Crippen LogP contribution in [0, 0.1) is 0 Å². The van der Waals surface area contributed by atoms with Crippen molar-refractivity contribution in [3.8, 4) is 5.75 Å². The molecule has 1 N–H and O–H groups in total. The highest BCUT2D eigenvalue weighted by Gasteiger charge is 1.98. The average molecular weight is 206 g/mol. The lowest BCUT2D eigenvalue weighted by Crippen LogP contribution is -1.95. The van der Waals surface area contributed by atoms with Crippen LogP contribution in [0.2, 0.25) is 0 Å². The van der Waals surface area contributed by atoms with E-state index in [0.29, 0.717) is 6.61 Å². The summed E-state index contributed by atoms with van der Waals surface area (Å²) in [6.45, 7) is 6.38. The number of hydrogen-bond donors (Lipinski definition) is 1. The van der Waals surface area contributed by atoms with E-state index >= 15 is 0 Å². The lowest BCUT2D eigenvalue weighted by atomic mass is 10.1. The molecule has 1 unspecified atom stereocenters. The fourth-order valence-corrected chi connectivity index (χ4v) is 1.44. The van der Waals surface area contributed by atoms with E-state index in [9.17, 15) is 5.11 Å². The SMILES string of the molecule is CCOc1ccc(/C(C)=C/C(C)O)cc1. The van der Waals surface area contributed by atoms with Crippen LogP contribution in [0.15, 0.2) is 30.3 Å². The Hall–Kier alpha value is -1.28. The first kappa shape index (κ1) is 11.8. The number of aliphatic hydroxyl groups is 1. The summed E-state index contributed by atoms with van der Waals surface area (Å²) in [6.07, 6.45) is 1.42. The molecule has 0 aliphatic heterocycles. The largest absolute Gasteiger partial charge is 0.494 e. The maximum absolute atomic E-state index is 9.22. The number of hydrogen-bond acceptors (Lipinski definition) is 2. The maximum Gasteiger partial charge on any atom is 0.119 e. The standard InChI is InChI=1S/C13H18O2/c1-4-15-13-7-5-12(6-8-13)10(2)9-11(3)14/h5-9,11,14H,4H2,1-3H3/b10-9+. The third kappa shape index (κ3) is 3.76. The van der Waals surface area contributed by atoms with Crippen LogP contribution in [-0.4, -0.2) is 17.8 Å². The van der Waals surface area contributed by atoms with E-state index in [2.05, 4.69) is 0 Å². The summed E-state index contributed by atoms with van der Waals surface area (Å²) in [4.78, 5) is 0. The number of rotatable bonds is 4. The van der Waals surface area contributed by atoms with Gasteiger partial charge in [-0.1, -0.05) is 18.2 Å². The second-order valence-corrected chi connectivity index (χ2v) is 3.55. The molecule has 0 aromatic heterocycles. The molecule has 1 atom stereocenters. The van der Waals surface area contributed by atoms with Gasteiger partial charge in [0.15, 0.2) is 0 Å². The summed E-state index contributed by atoms with van der Waals surface area (Å²) >= 11 is 0. The lowest BCUT2D eigenvalue weighted by Gasteiger charge is -2.06. The van der Waals surface area contributed by atoms with Crippen molar-refractivity contribution in [2.75, 3.05) is 6.61 Å². The Morgan fingerprint density at radius 2 is 2.00 bits per heavy atom. The number of ether oxygens (including phenoxy) is 1. The molecule has 82 valence electrons. The normalized spacial score (nSPS) is 13.7. The van der Waals surface area contributed by atoms with Crippen molar-refractivity contribution in [2.45, 2.75) is 26.9 Å². The Morgan fingerprint density at radius 3 is 2.47 bits per heavy atom. The van der Waals surface area contributed by atoms with Crippen LogP contribution in [0.1, 0.15) is 26.3 Å². The summed E-state index contributed by atoms with van der Waals surface area (Å²) in [6, 6.07) is 7.88. The molecule has 0 fully saturated rings. The summed E-state index contributed by atoms with van der Waals surface area (Å²) in [5.41, 5.74) is 2.19. The van der Waals surface area contributed by atoms with Crippen molar-refractivity contribution >= 4 is 5.57 Å². The van der Waals surface area contributed by atoms with E-state index in [0.717, 1.165) is 16.9 Å². The van der Waals surface area contributed by atoms with Gasteiger partial charge < -0.3 is 9.84 Å². The van der Waals surface area contributed by atoms with Gasteiger partial charge in [0.25, 0.3) is 0 Å². The van der Waals surface area contributed by atoms with Crippen molar-refractivity contribution in [1.82, 2.24) is 0 Å². The quantitative estimate of drug-likeness (QED) is 0.820. The first-order valence-electron chi connectivity index (χ1n) is 5.23. The third-order valence-corrected chi connectivity index (χ3v) is 2.11. The first-order chi connectivity index (χ1) is 7.13. The summed E-state index contributed by atoms with van der Waals surface area (Å²) < 4.78 is 5.35. The highest BCUT2D eigenvalue weighted by atomic mass is 16.5. The predicted molar refractivity (Wildman–Crippen MR) is 62.9 cm³/mol. The number of benzene rings is 1. The van der Waals surface area contributed by atoms with Crippen LogP contribution in [0.3, 0.4) is 0 Å². The average Bonchev–Trinajstić information content (AvgIpc) is 2.18. The Balaban J connectivity index is 2.79. The van der Waals surface area contributed by atoms with Gasteiger partial charge in [-0.2, -0.15) is 0 Å². The molecule has 2 heteroatoms. The molecule has 0 radical (unpaired) electrons. The lowest BCUT2D eigenvalue weighted by molar-refractivity contribution is 0.244. The van der Waals surface area contributed by atoms with Gasteiger partial charge in [-0.15, -0.1) is 0 Å². The van der Waals surface area contributed by atoms with Crippen molar-refractivity contribution in [3.05, 3.63) is 35.9 Å². The predicted octanol–water partition coefficient (Wildman–Crippen LogP) is 2.87. The van der Waals surface area contributed by atoms with Gasteiger partial charge in [0.1, 0.15) is 5.75 Å². The monoisotopic (exact) mass is 206 g/mol. The maximum atomic E-state index is 9.22. The Morgan fingerprint density at radius 1 is 1.40 bits per heavy atom. The minimum atomic E-state index is -0.406. The number of allylic oxidation sites excluding steroid dienone is 1. The summed E-state index contributed by atoms with van der Waals surface area (Å²) in [7, 11) is 0. The van der Waals surface area contributed by atoms with Crippen molar-refractivity contribution < 1.29 is 9.84 Å². The van der Waals surface area contributed by atoms with Crippen molar-refractivity contribution in [3.63, 3.8) is 0 Å². The van der Waals surface area contributed by atoms with Gasteiger partial charge in [0.2, 0.25) is 0 Å². The van der Waals surface area contributed by atoms with Gasteiger partial charge in [-0.3, -0.25) is 0 Å². The molecule has 0 saturated carbocycles. The van der Waals surface area contributed by atoms with Gasteiger partial charge >= 0.3 is 0 Å². The fraction of sp³-hybridized carbons (Fsp3) is 0.385. The zero-order valence-corrected chi connectivity index (χ0v) is 9.53. The van der Waals surface area contributed by atoms with Crippen LogP contribution < -0.4 is 4.74 Å². The van der Waals surface area contributed by atoms with E-state index < -0.39 is 6.10 Å². The van der Waals surface area contributed by atoms with E-state index in [-0.39, 0.29) is 0 Å². The fourth-order valence-electron chi connectivity index (χ4n) is 1.44. The van der Waals surface area contributed by atoms with E-state index in [1.165, 1.54) is 0 Å². The molecule has 0 bridgehead atoms. The Labute approximate surface area is 91.2 Å². The molecule has 1 aromatic rings. The zero-order valence-electron chi connectivity index (χ0n) is 9.53. The van der Waals surface area contributed by atoms with Crippen LogP contribution in [0.5, 0.6) is 5.75 Å². The molecule has 0 spiro atoms. The molecular weight excluding hydrogens is 188 g/mol. The van der Waals surface area contributed by atoms with Gasteiger partial charge in [-0.25, -0.2) is 0 Å². The molecule has 1 rings (SSSR count). The van der Waals surface area contributed by atoms with E-state index in [4.69, 9.17) is 4.74 Å². The van der Waals surface area contributed by atoms with Crippen LogP contribution in [0.4, 0.5) is 0 Å². The van der Waals surface area contributed by atoms with Gasteiger partial charge in [-0.05, 0) is 44.0 Å². The molecule has 0 heterocycles. The van der Waals surface area contributed by atoms with Gasteiger partial charge in [0.05, 0.1) is 12.7 Å². The van der Waals surface area contributed by atoms with Crippen LogP contribution in [-0.2, 0) is 0 Å². The minimum Gasteiger partial charge on any atom is -0.494 e. The molecule has 2 nitrogen and oxygen atoms in total. The highest BCUT2D eigenvalue weighted by Crippen LogP contribution is 2.18. The number of aliphatic hydroxyl groups excluding tert-OH is 1. The smallest absolute Gasteiger partial charge is 0.119 e. The molecule has 0 saturated heterocycles. The van der Waals surface area contributed by atoms with Crippen LogP contribution in [0.25, 0.3) is 5.57 Å². The van der Waals surface area contributed by atoms with Crippen molar-refractivity contribution in [1.29, 1.82) is 0 Å². The molecule has 1 aromatic carbocycles. The Bertz CT molecular complexity index is 323. The summed E-state index contributed by atoms with van der Waals surface area (Å²) in [5.74, 6) is 0.881. The van der Waals surface area contributed by atoms with Crippen LogP contribution >= 0.6 is 0 Å². The molecular formula is C13H18O2. The van der Waals surface area contributed by atoms with E-state index in [1.807, 2.05) is 44.2 Å². The summed E-state index contributed by atoms with van der Waals surface area (Å²) in [5, 5.41) is 9.22. The molecule has 0 aliphatic carbocycles. The third-order valence-electron chi connectivity index (χ3n) is 2.11. The Kier molecular flexibility index (Phi) is 4.37. The van der Waals surface area contributed by atoms with Crippen molar-refractivity contribution in [2.24, 2.45) is 0 Å². The topological polar surface area (TPSA) is 29.5 Å². The minimum absolute atomic E-state index is 0.406. The first-order valence-corrected chi connectivity index (χ1v) is 5.23. The molecule has 15 heavy (non-hydrogen) atoms. The van der Waals surface area contributed by atoms with E-state index in [1.54, 1.807) is 6.92 Å². The second kappa shape index (κ2) is 5.56. The highest BCUT2D eigenvalue weighted by molar-refractivity contribution is 5.64. The second-order valence-electron chi connectivity index (χ2n) is 3.55. The van der Waals surface area contributed by atoms with Gasteiger partial charge in [0, 0.05) is 0 Å². The molecule has 0 aliphatic rings. The zero-order chi connectivity index (χ0) is 11.3. The molecule has 0 amide bonds.